The number of thioether (sulfide) groups is 1. The molecule has 2 atom stereocenters. The van der Waals surface area contributed by atoms with Crippen molar-refractivity contribution in [3.63, 3.8) is 0 Å². The van der Waals surface area contributed by atoms with Crippen LogP contribution in [0.3, 0.4) is 0 Å². The van der Waals surface area contributed by atoms with E-state index in [9.17, 15) is 9.59 Å². The number of nitrogens with one attached hydrogen (secondary N) is 2. The predicted molar refractivity (Wildman–Crippen MR) is 231 cm³/mol. The van der Waals surface area contributed by atoms with Crippen molar-refractivity contribution >= 4 is 81.3 Å². The predicted octanol–water partition coefficient (Wildman–Crippen LogP) is 10.5. The number of amidine groups is 1. The van der Waals surface area contributed by atoms with Gasteiger partial charge in [0.25, 0.3) is 11.8 Å². The molecular formula is C42H45Cl3N8O3S. The number of benzene rings is 4. The van der Waals surface area contributed by atoms with Crippen molar-refractivity contribution in [3.8, 4) is 11.4 Å². The molecule has 0 saturated carbocycles. The first-order valence-corrected chi connectivity index (χ1v) is 20.7. The molecule has 1 aliphatic heterocycles. The highest BCUT2D eigenvalue weighted by Crippen LogP contribution is 2.41. The van der Waals surface area contributed by atoms with Gasteiger partial charge in [0.2, 0.25) is 5.16 Å². The van der Waals surface area contributed by atoms with E-state index in [0.29, 0.717) is 33.7 Å². The Bertz CT molecular complexity index is 2260. The standard InChI is InChI=1S/C42H45Cl3N8O3S/c1-8-33(56-34-21-16-25(41(4,5)9-2)22-30(34)42(6,7)10-3)38(54)47-28-19-17-27(18-20-28)46-37-36(57-40-48-50-51-52(40)29-14-12-11-13-15-29)39(55)53(49-37)35-31(44)23-26(43)24-32(35)45/h11-24,33,36H,8-10H2,1-7H3,(H,46,49)(H,47,54). The smallest absolute Gasteiger partial charge is 0.267 e. The highest BCUT2D eigenvalue weighted by atomic mass is 35.5. The summed E-state index contributed by atoms with van der Waals surface area (Å²) >= 11 is 20.4. The number of ether oxygens (including phenoxy) is 1. The summed E-state index contributed by atoms with van der Waals surface area (Å²) in [6.07, 6.45) is 1.66. The summed E-state index contributed by atoms with van der Waals surface area (Å²) < 4.78 is 8.02. The van der Waals surface area contributed by atoms with E-state index in [2.05, 4.69) is 79.9 Å². The quantitative estimate of drug-likeness (QED) is 0.113. The lowest BCUT2D eigenvalue weighted by Gasteiger charge is -2.31. The monoisotopic (exact) mass is 846 g/mol. The van der Waals surface area contributed by atoms with Gasteiger partial charge in [-0.1, -0.05) is 125 Å². The van der Waals surface area contributed by atoms with Crippen LogP contribution >= 0.6 is 46.6 Å². The van der Waals surface area contributed by atoms with E-state index < -0.39 is 17.3 Å². The first kappa shape index (κ1) is 42.0. The number of carbonyl (C=O) groups excluding carboxylic acids is 2. The van der Waals surface area contributed by atoms with Crippen molar-refractivity contribution in [2.45, 2.75) is 95.1 Å². The molecule has 11 nitrogen and oxygen atoms in total. The van der Waals surface area contributed by atoms with Crippen LogP contribution in [0.15, 0.2) is 95.1 Å². The molecule has 1 fully saturated rings. The molecule has 1 aliphatic rings. The van der Waals surface area contributed by atoms with Gasteiger partial charge in [-0.25, -0.2) is 10.0 Å². The Kier molecular flexibility index (Phi) is 12.9. The van der Waals surface area contributed by atoms with Gasteiger partial charge in [0.15, 0.2) is 11.4 Å². The minimum atomic E-state index is -0.923. The average molecular weight is 848 g/mol. The normalized spacial score (nSPS) is 15.8. The topological polar surface area (TPSA) is 127 Å². The maximum Gasteiger partial charge on any atom is 0.267 e. The first-order valence-electron chi connectivity index (χ1n) is 18.7. The van der Waals surface area contributed by atoms with Crippen LogP contribution < -0.4 is 20.5 Å². The van der Waals surface area contributed by atoms with E-state index in [0.717, 1.165) is 35.9 Å². The van der Waals surface area contributed by atoms with Crippen molar-refractivity contribution in [1.82, 2.24) is 25.6 Å². The van der Waals surface area contributed by atoms with Crippen LogP contribution in [0.25, 0.3) is 5.69 Å². The second-order valence-corrected chi connectivity index (χ2v) is 17.3. The van der Waals surface area contributed by atoms with E-state index in [1.807, 2.05) is 43.3 Å². The first-order chi connectivity index (χ1) is 27.1. The van der Waals surface area contributed by atoms with Gasteiger partial charge in [-0.3, -0.25) is 15.0 Å². The maximum absolute atomic E-state index is 14.1. The fraction of sp³-hybridized carbons (Fsp3) is 0.333. The molecule has 1 saturated heterocycles. The van der Waals surface area contributed by atoms with E-state index in [-0.39, 0.29) is 38.3 Å². The molecule has 15 heteroatoms. The second-order valence-electron chi connectivity index (χ2n) is 14.9. The Hall–Kier alpha value is -4.62. The van der Waals surface area contributed by atoms with Gasteiger partial charge in [-0.05, 0) is 101 Å². The summed E-state index contributed by atoms with van der Waals surface area (Å²) in [7, 11) is 0. The lowest BCUT2D eigenvalue weighted by atomic mass is 9.76. The van der Waals surface area contributed by atoms with Gasteiger partial charge >= 0.3 is 0 Å². The minimum absolute atomic E-state index is 0.0109. The molecule has 0 radical (unpaired) electrons. The van der Waals surface area contributed by atoms with Gasteiger partial charge in [-0.2, -0.15) is 4.68 Å². The fourth-order valence-electron chi connectivity index (χ4n) is 6.09. The average Bonchev–Trinajstić information content (AvgIpc) is 3.78. The molecule has 4 aromatic carbocycles. The number of nitrogens with zero attached hydrogens (tertiary/aromatic N) is 6. The molecule has 6 rings (SSSR count). The lowest BCUT2D eigenvalue weighted by Crippen LogP contribution is -2.36. The minimum Gasteiger partial charge on any atom is -0.480 e. The number of anilines is 2. The van der Waals surface area contributed by atoms with Gasteiger partial charge < -0.3 is 10.1 Å². The van der Waals surface area contributed by atoms with Gasteiger partial charge in [0.1, 0.15) is 17.3 Å². The van der Waals surface area contributed by atoms with Crippen LogP contribution in [0.4, 0.5) is 17.1 Å². The molecule has 5 aromatic rings. The van der Waals surface area contributed by atoms with Crippen LogP contribution in [-0.2, 0) is 20.4 Å². The summed E-state index contributed by atoms with van der Waals surface area (Å²) in [5.41, 5.74) is 7.30. The largest absolute Gasteiger partial charge is 0.480 e. The molecule has 2 unspecified atom stereocenters. The molecule has 1 aromatic heterocycles. The zero-order valence-electron chi connectivity index (χ0n) is 32.8. The summed E-state index contributed by atoms with van der Waals surface area (Å²) in [5, 5.41) is 16.5. The number of aromatic nitrogens is 4. The Morgan fingerprint density at radius 2 is 1.60 bits per heavy atom. The third kappa shape index (κ3) is 9.25. The number of para-hydroxylation sites is 1. The van der Waals surface area contributed by atoms with Gasteiger partial charge in [-0.15, -0.1) is 5.10 Å². The zero-order chi connectivity index (χ0) is 41.1. The molecular weight excluding hydrogens is 803 g/mol. The third-order valence-electron chi connectivity index (χ3n) is 10.4. The Labute approximate surface area is 352 Å². The molecule has 57 heavy (non-hydrogen) atoms. The molecule has 2 heterocycles. The van der Waals surface area contributed by atoms with Crippen molar-refractivity contribution in [3.05, 3.63) is 111 Å². The fourth-order valence-corrected chi connectivity index (χ4v) is 8.04. The van der Waals surface area contributed by atoms with Crippen LogP contribution in [0.5, 0.6) is 5.75 Å². The number of carbonyl (C=O) groups is 2. The Balaban J connectivity index is 1.24. The van der Waals surface area contributed by atoms with Crippen LogP contribution in [-0.4, -0.2) is 49.2 Å². The summed E-state index contributed by atoms with van der Waals surface area (Å²) in [4.78, 5) is 32.6. The Morgan fingerprint density at radius 1 is 0.930 bits per heavy atom. The summed E-state index contributed by atoms with van der Waals surface area (Å²) in [6.45, 7) is 15.2. The van der Waals surface area contributed by atoms with E-state index in [4.69, 9.17) is 44.5 Å². The van der Waals surface area contributed by atoms with Crippen molar-refractivity contribution in [2.75, 3.05) is 10.3 Å². The second kappa shape index (κ2) is 17.5. The Morgan fingerprint density at radius 3 is 2.23 bits per heavy atom. The van der Waals surface area contributed by atoms with Crippen molar-refractivity contribution < 1.29 is 14.3 Å². The third-order valence-corrected chi connectivity index (χ3v) is 12.3. The summed E-state index contributed by atoms with van der Waals surface area (Å²) in [6, 6.07) is 25.7. The van der Waals surface area contributed by atoms with E-state index in [1.54, 1.807) is 28.9 Å². The molecule has 0 bridgehead atoms. The van der Waals surface area contributed by atoms with Crippen LogP contribution in [0.2, 0.25) is 15.1 Å². The number of amides is 2. The number of tetrazole rings is 1. The molecule has 2 amide bonds. The molecule has 0 spiro atoms. The van der Waals surface area contributed by atoms with Crippen LogP contribution in [0, 0.1) is 0 Å². The number of halogens is 3. The molecule has 298 valence electrons. The number of hydrogen-bond acceptors (Lipinski definition) is 8. The lowest BCUT2D eigenvalue weighted by molar-refractivity contribution is -0.123. The number of hydrogen-bond donors (Lipinski definition) is 2. The van der Waals surface area contributed by atoms with Crippen LogP contribution in [0.1, 0.15) is 78.9 Å². The molecule has 0 aliphatic carbocycles. The van der Waals surface area contributed by atoms with Gasteiger partial charge in [0.05, 0.1) is 21.4 Å². The summed E-state index contributed by atoms with van der Waals surface area (Å²) in [5.74, 6) is 0.323. The molecule has 2 N–H and O–H groups in total. The van der Waals surface area contributed by atoms with E-state index >= 15 is 0 Å². The SMILES string of the molecule is CCC(Oc1ccc(C(C)(C)CC)cc1C(C)(C)CC)C(=O)Nc1ccc(N=C2NN(c3c(Cl)cc(Cl)cc3Cl)C(=O)C2Sc2nnnn2-c2ccccc2)cc1. The number of rotatable bonds is 14. The number of hydrazine groups is 1. The van der Waals surface area contributed by atoms with Crippen molar-refractivity contribution in [1.29, 1.82) is 0 Å². The van der Waals surface area contributed by atoms with Crippen molar-refractivity contribution in [2.24, 2.45) is 4.99 Å². The highest BCUT2D eigenvalue weighted by molar-refractivity contribution is 8.01. The highest BCUT2D eigenvalue weighted by Gasteiger charge is 2.42. The number of aliphatic imine (C=N–C) groups is 1. The zero-order valence-corrected chi connectivity index (χ0v) is 35.9. The van der Waals surface area contributed by atoms with Gasteiger partial charge in [0, 0.05) is 16.3 Å². The van der Waals surface area contributed by atoms with E-state index in [1.165, 1.54) is 22.7 Å². The maximum atomic E-state index is 14.1.